The molecule has 0 saturated carbocycles. The molecule has 0 amide bonds. The minimum absolute atomic E-state index is 0. The van der Waals surface area contributed by atoms with Crippen LogP contribution in [0.3, 0.4) is 0 Å². The second kappa shape index (κ2) is 6.63. The molecule has 0 fully saturated rings. The first-order chi connectivity index (χ1) is 4.93. The van der Waals surface area contributed by atoms with Crippen LogP contribution in [-0.2, 0) is 24.8 Å². The fourth-order valence-electron chi connectivity index (χ4n) is 1.09. The Morgan fingerprint density at radius 3 is 2.64 bits per heavy atom. The molecule has 11 heavy (non-hydrogen) atoms. The Morgan fingerprint density at radius 1 is 1.18 bits per heavy atom. The molecule has 0 aromatic heterocycles. The van der Waals surface area contributed by atoms with Gasteiger partial charge in [0.15, 0.2) is 0 Å². The second-order valence-corrected chi connectivity index (χ2v) is 2.46. The van der Waals surface area contributed by atoms with Crippen LogP contribution in [-0.4, -0.2) is 7.11 Å². The number of hydrogen-bond acceptors (Lipinski definition) is 1. The molecular formula is C9H14IrO. The van der Waals surface area contributed by atoms with Gasteiger partial charge in [0.2, 0.25) is 0 Å². The number of rotatable bonds is 1. The molecule has 0 aromatic rings. The van der Waals surface area contributed by atoms with Crippen molar-refractivity contribution in [2.24, 2.45) is 0 Å². The van der Waals surface area contributed by atoms with E-state index in [0.29, 0.717) is 0 Å². The normalized spacial score (nSPS) is 17.4. The summed E-state index contributed by atoms with van der Waals surface area (Å²) in [6.07, 6.45) is 11.1. The Bertz CT molecular complexity index is 150. The van der Waals surface area contributed by atoms with Crippen LogP contribution in [0.2, 0.25) is 0 Å². The fourth-order valence-corrected chi connectivity index (χ4v) is 1.09. The summed E-state index contributed by atoms with van der Waals surface area (Å²) in [7, 11) is 1.75. The van der Waals surface area contributed by atoms with E-state index in [4.69, 9.17) is 4.74 Å². The first kappa shape index (κ1) is 10.9. The Balaban J connectivity index is 0.000001000. The van der Waals surface area contributed by atoms with E-state index in [1.54, 1.807) is 7.11 Å². The van der Waals surface area contributed by atoms with Crippen molar-refractivity contribution in [3.05, 3.63) is 24.0 Å². The van der Waals surface area contributed by atoms with Crippen molar-refractivity contribution >= 4 is 0 Å². The standard InChI is InChI=1S/C9H14O.Ir/c1-10-9-7-5-3-2-4-6-8-9;/h2-3,8H,4-7H2,1H3;. The van der Waals surface area contributed by atoms with Gasteiger partial charge in [0, 0.05) is 26.5 Å². The Morgan fingerprint density at radius 2 is 1.91 bits per heavy atom. The summed E-state index contributed by atoms with van der Waals surface area (Å²) >= 11 is 0. The average Bonchev–Trinajstić information content (AvgIpc) is 1.87. The van der Waals surface area contributed by atoms with Crippen LogP contribution in [0.15, 0.2) is 24.0 Å². The summed E-state index contributed by atoms with van der Waals surface area (Å²) in [4.78, 5) is 0. The summed E-state index contributed by atoms with van der Waals surface area (Å²) in [6.45, 7) is 0. The van der Waals surface area contributed by atoms with Gasteiger partial charge in [-0.25, -0.2) is 0 Å². The Labute approximate surface area is 81.9 Å². The van der Waals surface area contributed by atoms with Gasteiger partial charge in [0.05, 0.1) is 12.9 Å². The van der Waals surface area contributed by atoms with E-state index in [1.165, 1.54) is 0 Å². The van der Waals surface area contributed by atoms with Crippen molar-refractivity contribution in [2.75, 3.05) is 7.11 Å². The van der Waals surface area contributed by atoms with Gasteiger partial charge in [-0.1, -0.05) is 12.2 Å². The van der Waals surface area contributed by atoms with E-state index < -0.39 is 0 Å². The van der Waals surface area contributed by atoms with Gasteiger partial charge in [-0.2, -0.15) is 0 Å². The van der Waals surface area contributed by atoms with Crippen LogP contribution in [0.1, 0.15) is 25.7 Å². The van der Waals surface area contributed by atoms with Crippen LogP contribution in [0.25, 0.3) is 0 Å². The topological polar surface area (TPSA) is 9.23 Å². The van der Waals surface area contributed by atoms with Gasteiger partial charge < -0.3 is 4.74 Å². The molecule has 0 atom stereocenters. The predicted octanol–water partition coefficient (Wildman–Crippen LogP) is 2.64. The van der Waals surface area contributed by atoms with Crippen LogP contribution >= 0.6 is 0 Å². The molecule has 1 aliphatic carbocycles. The van der Waals surface area contributed by atoms with Gasteiger partial charge >= 0.3 is 0 Å². The van der Waals surface area contributed by atoms with E-state index in [2.05, 4.69) is 18.2 Å². The van der Waals surface area contributed by atoms with Crippen LogP contribution in [0, 0.1) is 0 Å². The summed E-state index contributed by atoms with van der Waals surface area (Å²) in [5.41, 5.74) is 0. The molecule has 1 radical (unpaired) electrons. The van der Waals surface area contributed by atoms with Crippen molar-refractivity contribution in [1.29, 1.82) is 0 Å². The molecule has 1 aliphatic rings. The largest absolute Gasteiger partial charge is 0.501 e. The molecule has 1 nitrogen and oxygen atoms in total. The molecule has 0 aromatic carbocycles. The smallest absolute Gasteiger partial charge is 0.0918 e. The molecule has 1 rings (SSSR count). The Hall–Kier alpha value is -0.0706. The predicted molar refractivity (Wildman–Crippen MR) is 42.7 cm³/mol. The Kier molecular flexibility index (Phi) is 6.59. The van der Waals surface area contributed by atoms with Gasteiger partial charge in [-0.05, 0) is 25.3 Å². The summed E-state index contributed by atoms with van der Waals surface area (Å²) < 4.78 is 5.15. The summed E-state index contributed by atoms with van der Waals surface area (Å²) in [5, 5.41) is 0. The zero-order chi connectivity index (χ0) is 7.23. The molecule has 65 valence electrons. The third-order valence-corrected chi connectivity index (χ3v) is 1.69. The first-order valence-electron chi connectivity index (χ1n) is 3.81. The SMILES string of the molecule is COC1=CCCC=CCC1.[Ir]. The van der Waals surface area contributed by atoms with Gasteiger partial charge in [0.25, 0.3) is 0 Å². The molecule has 0 unspecified atom stereocenters. The van der Waals surface area contributed by atoms with Crippen molar-refractivity contribution < 1.29 is 24.8 Å². The fraction of sp³-hybridized carbons (Fsp3) is 0.556. The van der Waals surface area contributed by atoms with Gasteiger partial charge in [-0.3, -0.25) is 0 Å². The third kappa shape index (κ3) is 4.39. The van der Waals surface area contributed by atoms with E-state index in [1.807, 2.05) is 0 Å². The van der Waals surface area contributed by atoms with E-state index in [9.17, 15) is 0 Å². The van der Waals surface area contributed by atoms with Gasteiger partial charge in [0.1, 0.15) is 0 Å². The molecule has 0 spiro atoms. The molecule has 0 saturated heterocycles. The van der Waals surface area contributed by atoms with Crippen LogP contribution in [0.5, 0.6) is 0 Å². The second-order valence-electron chi connectivity index (χ2n) is 2.46. The van der Waals surface area contributed by atoms with Crippen molar-refractivity contribution in [1.82, 2.24) is 0 Å². The minimum Gasteiger partial charge on any atom is -0.501 e. The average molecular weight is 330 g/mol. The maximum atomic E-state index is 5.15. The molecule has 0 bridgehead atoms. The zero-order valence-corrected chi connectivity index (χ0v) is 9.20. The molecular weight excluding hydrogens is 316 g/mol. The van der Waals surface area contributed by atoms with Gasteiger partial charge in [-0.15, -0.1) is 0 Å². The van der Waals surface area contributed by atoms with Crippen molar-refractivity contribution in [2.45, 2.75) is 25.7 Å². The van der Waals surface area contributed by atoms with Crippen molar-refractivity contribution in [3.8, 4) is 0 Å². The molecule has 0 aliphatic heterocycles. The van der Waals surface area contributed by atoms with Crippen LogP contribution in [0.4, 0.5) is 0 Å². The van der Waals surface area contributed by atoms with E-state index in [0.717, 1.165) is 31.4 Å². The number of methoxy groups -OCH3 is 1. The molecule has 0 N–H and O–H groups in total. The third-order valence-electron chi connectivity index (χ3n) is 1.69. The van der Waals surface area contributed by atoms with Crippen molar-refractivity contribution in [3.63, 3.8) is 0 Å². The number of ether oxygens (including phenoxy) is 1. The first-order valence-corrected chi connectivity index (χ1v) is 3.81. The van der Waals surface area contributed by atoms with Crippen LogP contribution < -0.4 is 0 Å². The summed E-state index contributed by atoms with van der Waals surface area (Å²) in [5.74, 6) is 1.14. The quantitative estimate of drug-likeness (QED) is 0.672. The monoisotopic (exact) mass is 331 g/mol. The number of allylic oxidation sites excluding steroid dienone is 4. The van der Waals surface area contributed by atoms with E-state index in [-0.39, 0.29) is 20.1 Å². The maximum absolute atomic E-state index is 5.15. The molecule has 2 heteroatoms. The minimum atomic E-state index is 0. The number of hydrogen-bond donors (Lipinski definition) is 0. The van der Waals surface area contributed by atoms with E-state index >= 15 is 0 Å². The summed E-state index contributed by atoms with van der Waals surface area (Å²) in [6, 6.07) is 0. The zero-order valence-electron chi connectivity index (χ0n) is 6.80. The molecule has 0 heterocycles. The maximum Gasteiger partial charge on any atom is 0.0918 e.